The molecule has 13 heavy (non-hydrogen) atoms. The van der Waals surface area contributed by atoms with Crippen LogP contribution in [0.2, 0.25) is 0 Å². The molecule has 0 aliphatic heterocycles. The zero-order chi connectivity index (χ0) is 9.47. The van der Waals surface area contributed by atoms with E-state index >= 15 is 0 Å². The first-order chi connectivity index (χ1) is 6.12. The van der Waals surface area contributed by atoms with E-state index in [1.165, 1.54) is 12.3 Å². The molecule has 0 radical (unpaired) electrons. The molecule has 1 fully saturated rings. The van der Waals surface area contributed by atoms with Crippen LogP contribution in [0.15, 0.2) is 18.3 Å². The van der Waals surface area contributed by atoms with E-state index < -0.39 is 6.43 Å². The van der Waals surface area contributed by atoms with E-state index in [4.69, 9.17) is 5.73 Å². The second kappa shape index (κ2) is 2.73. The number of halogens is 2. The maximum Gasteiger partial charge on any atom is 0.280 e. The third-order valence-corrected chi connectivity index (χ3v) is 2.37. The SMILES string of the molecule is NC1(c2ccnc(C(F)F)c2)CC1. The van der Waals surface area contributed by atoms with Crippen LogP contribution >= 0.6 is 0 Å². The molecule has 0 bridgehead atoms. The van der Waals surface area contributed by atoms with Gasteiger partial charge in [-0.1, -0.05) is 0 Å². The summed E-state index contributed by atoms with van der Waals surface area (Å²) in [5.41, 5.74) is 6.10. The summed E-state index contributed by atoms with van der Waals surface area (Å²) < 4.78 is 24.5. The fourth-order valence-electron chi connectivity index (χ4n) is 1.30. The molecular weight excluding hydrogens is 174 g/mol. The molecule has 0 aromatic carbocycles. The lowest BCUT2D eigenvalue weighted by Crippen LogP contribution is -2.19. The standard InChI is InChI=1S/C9H10F2N2/c10-8(11)7-5-6(1-4-13-7)9(12)2-3-9/h1,4-5,8H,2-3,12H2. The first-order valence-electron chi connectivity index (χ1n) is 4.15. The Hall–Kier alpha value is -1.03. The largest absolute Gasteiger partial charge is 0.321 e. The van der Waals surface area contributed by atoms with Crippen molar-refractivity contribution in [1.29, 1.82) is 0 Å². The molecule has 1 saturated carbocycles. The molecule has 1 heterocycles. The molecule has 1 aliphatic rings. The van der Waals surface area contributed by atoms with Crippen molar-refractivity contribution in [3.8, 4) is 0 Å². The van der Waals surface area contributed by atoms with Crippen LogP contribution in [0.5, 0.6) is 0 Å². The van der Waals surface area contributed by atoms with Gasteiger partial charge in [-0.25, -0.2) is 8.78 Å². The van der Waals surface area contributed by atoms with Crippen LogP contribution in [0, 0.1) is 0 Å². The van der Waals surface area contributed by atoms with E-state index in [-0.39, 0.29) is 11.2 Å². The van der Waals surface area contributed by atoms with E-state index in [9.17, 15) is 8.78 Å². The average Bonchev–Trinajstić information content (AvgIpc) is 2.85. The fraction of sp³-hybridized carbons (Fsp3) is 0.444. The molecule has 2 nitrogen and oxygen atoms in total. The van der Waals surface area contributed by atoms with Gasteiger partial charge >= 0.3 is 0 Å². The Morgan fingerprint density at radius 2 is 2.15 bits per heavy atom. The molecule has 1 aromatic rings. The molecule has 0 saturated heterocycles. The molecule has 2 N–H and O–H groups in total. The third-order valence-electron chi connectivity index (χ3n) is 2.37. The van der Waals surface area contributed by atoms with Crippen LogP contribution in [0.3, 0.4) is 0 Å². The Balaban J connectivity index is 2.33. The lowest BCUT2D eigenvalue weighted by atomic mass is 10.1. The van der Waals surface area contributed by atoms with Crippen molar-refractivity contribution in [2.75, 3.05) is 0 Å². The van der Waals surface area contributed by atoms with Gasteiger partial charge in [-0.15, -0.1) is 0 Å². The van der Waals surface area contributed by atoms with Crippen molar-refractivity contribution in [3.05, 3.63) is 29.6 Å². The van der Waals surface area contributed by atoms with E-state index in [2.05, 4.69) is 4.98 Å². The first-order valence-corrected chi connectivity index (χ1v) is 4.15. The van der Waals surface area contributed by atoms with Gasteiger partial charge in [0.1, 0.15) is 5.69 Å². The lowest BCUT2D eigenvalue weighted by Gasteiger charge is -2.09. The van der Waals surface area contributed by atoms with Crippen LogP contribution in [-0.4, -0.2) is 4.98 Å². The van der Waals surface area contributed by atoms with Crippen LogP contribution in [-0.2, 0) is 5.54 Å². The monoisotopic (exact) mass is 184 g/mol. The average molecular weight is 184 g/mol. The normalized spacial score (nSPS) is 19.1. The zero-order valence-electron chi connectivity index (χ0n) is 7.00. The molecule has 0 atom stereocenters. The molecule has 0 unspecified atom stereocenters. The van der Waals surface area contributed by atoms with Gasteiger partial charge in [-0.3, -0.25) is 4.98 Å². The summed E-state index contributed by atoms with van der Waals surface area (Å²) >= 11 is 0. The van der Waals surface area contributed by atoms with Gasteiger partial charge in [0.25, 0.3) is 6.43 Å². The number of aromatic nitrogens is 1. The number of alkyl halides is 2. The van der Waals surface area contributed by atoms with E-state index in [0.29, 0.717) is 0 Å². The molecule has 70 valence electrons. The maximum absolute atomic E-state index is 12.3. The first kappa shape index (κ1) is 8.56. The topological polar surface area (TPSA) is 38.9 Å². The van der Waals surface area contributed by atoms with E-state index in [0.717, 1.165) is 18.4 Å². The Morgan fingerprint density at radius 3 is 2.69 bits per heavy atom. The number of rotatable bonds is 2. The minimum Gasteiger partial charge on any atom is -0.321 e. The summed E-state index contributed by atoms with van der Waals surface area (Å²) in [5.74, 6) is 0. The summed E-state index contributed by atoms with van der Waals surface area (Å²) in [6, 6.07) is 3.11. The van der Waals surface area contributed by atoms with Crippen molar-refractivity contribution in [1.82, 2.24) is 4.98 Å². The third kappa shape index (κ3) is 1.54. The minimum absolute atomic E-state index is 0.186. The van der Waals surface area contributed by atoms with Gasteiger partial charge in [-0.05, 0) is 30.5 Å². The number of nitrogens with zero attached hydrogens (tertiary/aromatic N) is 1. The number of hydrogen-bond donors (Lipinski definition) is 1. The Bertz CT molecular complexity index is 321. The summed E-state index contributed by atoms with van der Waals surface area (Å²) in [5, 5.41) is 0. The molecule has 2 rings (SSSR count). The number of hydrogen-bond acceptors (Lipinski definition) is 2. The maximum atomic E-state index is 12.3. The molecule has 1 aliphatic carbocycles. The van der Waals surface area contributed by atoms with Crippen LogP contribution in [0.25, 0.3) is 0 Å². The molecule has 0 spiro atoms. The Morgan fingerprint density at radius 1 is 1.46 bits per heavy atom. The van der Waals surface area contributed by atoms with Crippen molar-refractivity contribution in [2.45, 2.75) is 24.8 Å². The highest BCUT2D eigenvalue weighted by atomic mass is 19.3. The quantitative estimate of drug-likeness (QED) is 0.763. The van der Waals surface area contributed by atoms with Gasteiger partial charge in [-0.2, -0.15) is 0 Å². The lowest BCUT2D eigenvalue weighted by molar-refractivity contribution is 0.146. The van der Waals surface area contributed by atoms with Crippen molar-refractivity contribution in [2.24, 2.45) is 5.73 Å². The minimum atomic E-state index is -2.51. The number of nitrogens with two attached hydrogens (primary N) is 1. The summed E-state index contributed by atoms with van der Waals surface area (Å²) in [4.78, 5) is 3.57. The summed E-state index contributed by atoms with van der Waals surface area (Å²) in [7, 11) is 0. The second-order valence-corrected chi connectivity index (χ2v) is 3.43. The van der Waals surface area contributed by atoms with Gasteiger partial charge in [0.05, 0.1) is 0 Å². The molecule has 0 amide bonds. The Labute approximate surface area is 74.8 Å². The fourth-order valence-corrected chi connectivity index (χ4v) is 1.30. The summed E-state index contributed by atoms with van der Waals surface area (Å²) in [6.45, 7) is 0. The van der Waals surface area contributed by atoms with Crippen LogP contribution < -0.4 is 5.73 Å². The smallest absolute Gasteiger partial charge is 0.280 e. The van der Waals surface area contributed by atoms with Crippen molar-refractivity contribution >= 4 is 0 Å². The van der Waals surface area contributed by atoms with Crippen LogP contribution in [0.4, 0.5) is 8.78 Å². The van der Waals surface area contributed by atoms with Gasteiger partial charge in [0, 0.05) is 11.7 Å². The summed E-state index contributed by atoms with van der Waals surface area (Å²) in [6.07, 6.45) is 0.630. The molecular formula is C9H10F2N2. The van der Waals surface area contributed by atoms with Crippen molar-refractivity contribution < 1.29 is 8.78 Å². The highest BCUT2D eigenvalue weighted by molar-refractivity contribution is 5.29. The van der Waals surface area contributed by atoms with Crippen molar-refractivity contribution in [3.63, 3.8) is 0 Å². The predicted molar refractivity (Wildman–Crippen MR) is 44.3 cm³/mol. The highest BCUT2D eigenvalue weighted by Crippen LogP contribution is 2.42. The van der Waals surface area contributed by atoms with Gasteiger partial charge in [0.2, 0.25) is 0 Å². The van der Waals surface area contributed by atoms with E-state index in [1.807, 2.05) is 0 Å². The molecule has 1 aromatic heterocycles. The second-order valence-electron chi connectivity index (χ2n) is 3.43. The zero-order valence-corrected chi connectivity index (χ0v) is 7.00. The Kier molecular flexibility index (Phi) is 1.80. The molecule has 4 heteroatoms. The van der Waals surface area contributed by atoms with Gasteiger partial charge < -0.3 is 5.73 Å². The predicted octanol–water partition coefficient (Wildman–Crippen LogP) is 1.97. The van der Waals surface area contributed by atoms with E-state index in [1.54, 1.807) is 6.07 Å². The van der Waals surface area contributed by atoms with Gasteiger partial charge in [0.15, 0.2) is 0 Å². The highest BCUT2D eigenvalue weighted by Gasteiger charge is 2.40. The van der Waals surface area contributed by atoms with Crippen LogP contribution in [0.1, 0.15) is 30.5 Å². The number of pyridine rings is 1.